The largest absolute Gasteiger partial charge is 0.369 e. The summed E-state index contributed by atoms with van der Waals surface area (Å²) in [5.74, 6) is -0.441. The van der Waals surface area contributed by atoms with E-state index in [4.69, 9.17) is 5.73 Å². The van der Waals surface area contributed by atoms with Crippen LogP contribution in [-0.4, -0.2) is 25.8 Å². The fraction of sp³-hybridized carbons (Fsp3) is 0.176. The van der Waals surface area contributed by atoms with Crippen molar-refractivity contribution >= 4 is 38.6 Å². The lowest BCUT2D eigenvalue weighted by molar-refractivity contribution is -0.119. The number of amides is 1. The number of primary amides is 1. The number of halogens is 1. The predicted octanol–water partition coefficient (Wildman–Crippen LogP) is 1.68. The summed E-state index contributed by atoms with van der Waals surface area (Å²) in [5, 5.41) is 1.42. The molecular formula is C17H12FN5O2. The molecule has 2 aromatic heterocycles. The van der Waals surface area contributed by atoms with Crippen LogP contribution in [0.2, 0.25) is 0 Å². The Kier molecular flexibility index (Phi) is 2.61. The van der Waals surface area contributed by atoms with Gasteiger partial charge >= 0.3 is 0 Å². The molecule has 7 nitrogen and oxygen atoms in total. The highest BCUT2D eigenvalue weighted by Gasteiger charge is 2.45. The van der Waals surface area contributed by atoms with E-state index in [0.29, 0.717) is 45.0 Å². The van der Waals surface area contributed by atoms with E-state index in [9.17, 15) is 14.0 Å². The third-order valence-electron chi connectivity index (χ3n) is 4.83. The first kappa shape index (κ1) is 14.1. The van der Waals surface area contributed by atoms with Crippen LogP contribution >= 0.6 is 0 Å². The van der Waals surface area contributed by atoms with Crippen molar-refractivity contribution in [1.29, 1.82) is 0 Å². The molecule has 0 aliphatic heterocycles. The van der Waals surface area contributed by atoms with Crippen LogP contribution in [0.1, 0.15) is 18.2 Å². The molecule has 1 amide bonds. The van der Waals surface area contributed by atoms with E-state index in [1.165, 1.54) is 18.5 Å². The van der Waals surface area contributed by atoms with E-state index in [0.717, 1.165) is 0 Å². The first-order valence-electron chi connectivity index (χ1n) is 7.82. The van der Waals surface area contributed by atoms with Crippen LogP contribution in [0.3, 0.4) is 0 Å². The topological polar surface area (TPSA) is 118 Å². The van der Waals surface area contributed by atoms with Crippen LogP contribution in [0.5, 0.6) is 0 Å². The molecule has 0 spiro atoms. The molecule has 0 unspecified atom stereocenters. The summed E-state index contributed by atoms with van der Waals surface area (Å²) in [6.07, 6.45) is 1.95. The number of hydrogen-bond acceptors (Lipinski definition) is 4. The van der Waals surface area contributed by atoms with Gasteiger partial charge in [0.15, 0.2) is 0 Å². The first-order chi connectivity index (χ1) is 12.0. The number of carbonyl (C=O) groups excluding carboxylic acids is 1. The number of aromatic amines is 2. The van der Waals surface area contributed by atoms with Gasteiger partial charge in [0.05, 0.1) is 22.7 Å². The first-order valence-corrected chi connectivity index (χ1v) is 7.82. The zero-order valence-electron chi connectivity index (χ0n) is 12.8. The molecule has 1 fully saturated rings. The molecule has 1 aliphatic rings. The molecule has 2 aromatic carbocycles. The highest BCUT2D eigenvalue weighted by molar-refractivity contribution is 6.21. The van der Waals surface area contributed by atoms with Crippen LogP contribution in [0.15, 0.2) is 29.3 Å². The van der Waals surface area contributed by atoms with Crippen LogP contribution in [0, 0.1) is 11.7 Å². The summed E-state index contributed by atoms with van der Waals surface area (Å²) in [4.78, 5) is 38.3. The molecule has 0 saturated heterocycles. The second kappa shape index (κ2) is 4.62. The van der Waals surface area contributed by atoms with E-state index in [2.05, 4.69) is 19.9 Å². The van der Waals surface area contributed by atoms with Gasteiger partial charge in [-0.1, -0.05) is 0 Å². The molecule has 2 heterocycles. The molecule has 25 heavy (non-hydrogen) atoms. The van der Waals surface area contributed by atoms with Crippen molar-refractivity contribution in [1.82, 2.24) is 19.9 Å². The van der Waals surface area contributed by atoms with Crippen LogP contribution in [0.4, 0.5) is 4.39 Å². The third-order valence-corrected chi connectivity index (χ3v) is 4.83. The third kappa shape index (κ3) is 1.90. The quantitative estimate of drug-likeness (QED) is 0.482. The van der Waals surface area contributed by atoms with Gasteiger partial charge in [0.25, 0.3) is 5.56 Å². The van der Waals surface area contributed by atoms with Crippen molar-refractivity contribution in [3.05, 3.63) is 46.5 Å². The zero-order valence-corrected chi connectivity index (χ0v) is 12.8. The maximum Gasteiger partial charge on any atom is 0.259 e. The number of aromatic nitrogens is 4. The molecule has 5 rings (SSSR count). The molecule has 8 heteroatoms. The Morgan fingerprint density at radius 2 is 2.12 bits per heavy atom. The van der Waals surface area contributed by atoms with E-state index < -0.39 is 5.82 Å². The Labute approximate surface area is 139 Å². The SMILES string of the molecule is NC(=O)[C@@H]1C[C@H]1c1nc2c3ccc(F)cc3c3c(=O)[nH]cnc3c2[nH]1. The Balaban J connectivity index is 1.91. The summed E-state index contributed by atoms with van der Waals surface area (Å²) >= 11 is 0. The fourth-order valence-corrected chi connectivity index (χ4v) is 3.51. The molecule has 124 valence electrons. The molecule has 4 aromatic rings. The normalized spacial score (nSPS) is 19.7. The Morgan fingerprint density at radius 3 is 2.88 bits per heavy atom. The average Bonchev–Trinajstić information content (AvgIpc) is 3.27. The van der Waals surface area contributed by atoms with Crippen LogP contribution in [-0.2, 0) is 4.79 Å². The minimum atomic E-state index is -0.442. The number of imidazole rings is 1. The summed E-state index contributed by atoms with van der Waals surface area (Å²) in [6.45, 7) is 0. The van der Waals surface area contributed by atoms with Gasteiger partial charge in [0.2, 0.25) is 5.91 Å². The molecular weight excluding hydrogens is 325 g/mol. The van der Waals surface area contributed by atoms with E-state index >= 15 is 0 Å². The van der Waals surface area contributed by atoms with Crippen molar-refractivity contribution in [2.45, 2.75) is 12.3 Å². The molecule has 2 atom stereocenters. The summed E-state index contributed by atoms with van der Waals surface area (Å²) in [7, 11) is 0. The lowest BCUT2D eigenvalue weighted by Gasteiger charge is -2.04. The standard InChI is InChI=1S/C17H12FN5O2/c18-6-1-2-7-8(3-6)11-13(20-5-21-17(11)25)14-12(7)22-16(23-14)10-4-9(10)15(19)24/h1-3,5,9-10H,4H2,(H2,19,24)(H,22,23)(H,20,21,25)/t9-,10-/m1/s1. The Morgan fingerprint density at radius 1 is 1.28 bits per heavy atom. The minimum Gasteiger partial charge on any atom is -0.369 e. The van der Waals surface area contributed by atoms with Crippen molar-refractivity contribution in [2.75, 3.05) is 0 Å². The number of H-pyrrole nitrogens is 2. The number of nitrogens with one attached hydrogen (secondary N) is 2. The van der Waals surface area contributed by atoms with E-state index in [-0.39, 0.29) is 23.3 Å². The maximum atomic E-state index is 13.8. The van der Waals surface area contributed by atoms with Gasteiger partial charge in [-0.15, -0.1) is 0 Å². The van der Waals surface area contributed by atoms with Crippen molar-refractivity contribution < 1.29 is 9.18 Å². The lowest BCUT2D eigenvalue weighted by atomic mass is 10.0. The Hall–Kier alpha value is -3.29. The van der Waals surface area contributed by atoms with Crippen molar-refractivity contribution in [3.63, 3.8) is 0 Å². The monoisotopic (exact) mass is 337 g/mol. The van der Waals surface area contributed by atoms with Crippen LogP contribution in [0.25, 0.3) is 32.7 Å². The second-order valence-corrected chi connectivity index (χ2v) is 6.34. The minimum absolute atomic E-state index is 0.0579. The summed E-state index contributed by atoms with van der Waals surface area (Å²) in [5.41, 5.74) is 6.64. The predicted molar refractivity (Wildman–Crippen MR) is 89.5 cm³/mol. The lowest BCUT2D eigenvalue weighted by Crippen LogP contribution is -2.13. The molecule has 1 saturated carbocycles. The number of nitrogens with two attached hydrogens (primary N) is 1. The van der Waals surface area contributed by atoms with Crippen molar-refractivity contribution in [3.8, 4) is 0 Å². The summed E-state index contributed by atoms with van der Waals surface area (Å²) in [6, 6.07) is 4.24. The van der Waals surface area contributed by atoms with Gasteiger partial charge < -0.3 is 15.7 Å². The maximum absolute atomic E-state index is 13.8. The fourth-order valence-electron chi connectivity index (χ4n) is 3.51. The Bertz CT molecular complexity index is 1260. The van der Waals surface area contributed by atoms with E-state index in [1.807, 2.05) is 0 Å². The van der Waals surface area contributed by atoms with Gasteiger partial charge in [-0.25, -0.2) is 14.4 Å². The van der Waals surface area contributed by atoms with Gasteiger partial charge in [-0.2, -0.15) is 0 Å². The van der Waals surface area contributed by atoms with Crippen LogP contribution < -0.4 is 11.3 Å². The number of rotatable bonds is 2. The number of nitrogens with zero attached hydrogens (tertiary/aromatic N) is 2. The molecule has 1 aliphatic carbocycles. The van der Waals surface area contributed by atoms with Gasteiger partial charge in [-0.3, -0.25) is 9.59 Å². The zero-order chi connectivity index (χ0) is 17.3. The number of benzene rings is 2. The van der Waals surface area contributed by atoms with Gasteiger partial charge in [0.1, 0.15) is 17.2 Å². The highest BCUT2D eigenvalue weighted by atomic mass is 19.1. The highest BCUT2D eigenvalue weighted by Crippen LogP contribution is 2.47. The molecule has 0 bridgehead atoms. The van der Waals surface area contributed by atoms with Gasteiger partial charge in [0, 0.05) is 22.6 Å². The van der Waals surface area contributed by atoms with Gasteiger partial charge in [-0.05, 0) is 24.6 Å². The second-order valence-electron chi connectivity index (χ2n) is 6.34. The molecule has 0 radical (unpaired) electrons. The number of fused-ring (bicyclic) bond motifs is 6. The average molecular weight is 337 g/mol. The number of hydrogen-bond donors (Lipinski definition) is 3. The van der Waals surface area contributed by atoms with Crippen molar-refractivity contribution in [2.24, 2.45) is 11.7 Å². The van der Waals surface area contributed by atoms with E-state index in [1.54, 1.807) is 6.07 Å². The number of carbonyl (C=O) groups is 1. The summed E-state index contributed by atoms with van der Waals surface area (Å²) < 4.78 is 13.8. The molecule has 4 N–H and O–H groups in total. The smallest absolute Gasteiger partial charge is 0.259 e.